The zero-order chi connectivity index (χ0) is 17.2. The molecule has 4 radical (unpaired) electrons. The van der Waals surface area contributed by atoms with E-state index in [1.54, 1.807) is 0 Å². The monoisotopic (exact) mass is 333 g/mol. The third kappa shape index (κ3) is 3.80. The number of ether oxygens (including phenoxy) is 2. The number of aromatic nitrogens is 2. The number of rotatable bonds is 5. The third-order valence-corrected chi connectivity index (χ3v) is 3.70. The topological polar surface area (TPSA) is 116 Å². The predicted octanol–water partition coefficient (Wildman–Crippen LogP) is -1.11. The highest BCUT2D eigenvalue weighted by Crippen LogP contribution is 2.33. The molecule has 1 aromatic rings. The highest BCUT2D eigenvalue weighted by Gasteiger charge is 2.39. The van der Waals surface area contributed by atoms with Gasteiger partial charge in [-0.2, -0.15) is 0 Å². The largest absolute Gasteiger partial charge is 0.476 e. The third-order valence-electron chi connectivity index (χ3n) is 3.39. The number of hydrogen-bond donors (Lipinski definition) is 2. The van der Waals surface area contributed by atoms with E-state index in [0.717, 1.165) is 0 Å². The van der Waals surface area contributed by atoms with Gasteiger partial charge in [0.15, 0.2) is 11.1 Å². The average Bonchev–Trinajstić information content (AvgIpc) is 2.97. The van der Waals surface area contributed by atoms with Crippen LogP contribution in [0.15, 0.2) is 11.0 Å². The summed E-state index contributed by atoms with van der Waals surface area (Å²) in [4.78, 5) is 36.0. The van der Waals surface area contributed by atoms with Gasteiger partial charge in [-0.3, -0.25) is 23.9 Å². The van der Waals surface area contributed by atoms with E-state index in [1.165, 1.54) is 10.8 Å². The van der Waals surface area contributed by atoms with Crippen LogP contribution in [0.1, 0.15) is 29.4 Å². The molecule has 1 aromatic heterocycles. The predicted molar refractivity (Wildman–Crippen MR) is 83.8 cm³/mol. The van der Waals surface area contributed by atoms with Gasteiger partial charge in [0, 0.05) is 6.20 Å². The van der Waals surface area contributed by atoms with Gasteiger partial charge in [0.25, 0.3) is 5.56 Å². The Hall–Kier alpha value is -1.71. The Kier molecular flexibility index (Phi) is 5.23. The van der Waals surface area contributed by atoms with E-state index in [-0.39, 0.29) is 16.9 Å². The Balaban J connectivity index is 2.20. The zero-order valence-electron chi connectivity index (χ0n) is 12.1. The number of esters is 1. The molecule has 1 aliphatic heterocycles. The summed E-state index contributed by atoms with van der Waals surface area (Å²) in [7, 11) is 11.5. The molecule has 3 N–H and O–H groups in total. The number of nitrogens with two attached hydrogens (primary N) is 1. The smallest absolute Gasteiger partial charge is 0.318 e. The molecular formula is C12H13B2N3O5S. The Morgan fingerprint density at radius 1 is 1.61 bits per heavy atom. The number of hydrogen-bond acceptors (Lipinski definition) is 7. The van der Waals surface area contributed by atoms with Crippen molar-refractivity contribution < 1.29 is 19.1 Å². The quantitative estimate of drug-likeness (QED) is 0.304. The minimum atomic E-state index is -1.84. The molecule has 1 saturated heterocycles. The van der Waals surface area contributed by atoms with Crippen molar-refractivity contribution in [2.45, 2.75) is 30.6 Å². The van der Waals surface area contributed by atoms with Crippen LogP contribution in [-0.2, 0) is 14.3 Å². The first-order valence-electron chi connectivity index (χ1n) is 6.74. The Morgan fingerprint density at radius 3 is 2.91 bits per heavy atom. The van der Waals surface area contributed by atoms with Gasteiger partial charge in [0.05, 0.1) is 23.6 Å². The number of aromatic amines is 1. The summed E-state index contributed by atoms with van der Waals surface area (Å²) in [6.07, 6.45) is 1.13. The van der Waals surface area contributed by atoms with Crippen molar-refractivity contribution in [1.29, 1.82) is 0 Å². The molecule has 118 valence electrons. The van der Waals surface area contributed by atoms with E-state index in [1.807, 2.05) is 0 Å². The normalized spacial score (nSPS) is 21.1. The lowest BCUT2D eigenvalue weighted by atomic mass is 9.61. The van der Waals surface area contributed by atoms with Crippen LogP contribution in [0.25, 0.3) is 0 Å². The van der Waals surface area contributed by atoms with E-state index < -0.39 is 29.3 Å². The first kappa shape index (κ1) is 17.6. The van der Waals surface area contributed by atoms with Crippen LogP contribution in [0, 0.1) is 4.77 Å². The highest BCUT2D eigenvalue weighted by atomic mass is 32.1. The molecule has 0 saturated carbocycles. The maximum absolute atomic E-state index is 11.5. The van der Waals surface area contributed by atoms with Crippen LogP contribution in [0.5, 0.6) is 0 Å². The van der Waals surface area contributed by atoms with Crippen LogP contribution in [0.2, 0.25) is 0 Å². The van der Waals surface area contributed by atoms with Gasteiger partial charge in [0.1, 0.15) is 21.9 Å². The second-order valence-electron chi connectivity index (χ2n) is 5.06. The molecule has 0 bridgehead atoms. The molecule has 2 unspecified atom stereocenters. The van der Waals surface area contributed by atoms with Crippen molar-refractivity contribution in [3.8, 4) is 0 Å². The highest BCUT2D eigenvalue weighted by molar-refractivity contribution is 7.71. The lowest BCUT2D eigenvalue weighted by Crippen LogP contribution is -2.48. The SMILES string of the molecule is [B]C([B])(OC(=O)CN)C1CCC(n2cc(C=O)c(=O)[nH]c2=S)O1. The number of H-pyrrole nitrogens is 1. The van der Waals surface area contributed by atoms with Crippen LogP contribution >= 0.6 is 12.2 Å². The van der Waals surface area contributed by atoms with Crippen LogP contribution in [0.4, 0.5) is 0 Å². The van der Waals surface area contributed by atoms with E-state index in [2.05, 4.69) is 4.98 Å². The first-order valence-corrected chi connectivity index (χ1v) is 7.15. The maximum Gasteiger partial charge on any atom is 0.318 e. The minimum absolute atomic E-state index is 0.0878. The molecule has 0 aliphatic carbocycles. The Bertz CT molecular complexity index is 732. The summed E-state index contributed by atoms with van der Waals surface area (Å²) < 4.78 is 12.0. The molecule has 11 heteroatoms. The number of nitrogens with zero attached hydrogens (tertiary/aromatic N) is 1. The van der Waals surface area contributed by atoms with E-state index in [9.17, 15) is 14.4 Å². The van der Waals surface area contributed by atoms with Gasteiger partial charge in [-0.1, -0.05) is 0 Å². The fourth-order valence-corrected chi connectivity index (χ4v) is 2.52. The number of nitrogens with one attached hydrogen (secondary N) is 1. The summed E-state index contributed by atoms with van der Waals surface area (Å²) in [5.74, 6) is -0.758. The molecule has 2 atom stereocenters. The second kappa shape index (κ2) is 6.81. The zero-order valence-corrected chi connectivity index (χ0v) is 12.9. The fraction of sp³-hybridized carbons (Fsp3) is 0.500. The molecule has 2 heterocycles. The summed E-state index contributed by atoms with van der Waals surface area (Å²) >= 11 is 5.05. The van der Waals surface area contributed by atoms with Crippen molar-refractivity contribution in [2.75, 3.05) is 6.54 Å². The van der Waals surface area contributed by atoms with Crippen molar-refractivity contribution >= 4 is 40.2 Å². The average molecular weight is 333 g/mol. The summed E-state index contributed by atoms with van der Waals surface area (Å²) in [6, 6.07) is 0. The van der Waals surface area contributed by atoms with Crippen LogP contribution in [-0.4, -0.2) is 55.5 Å². The fourth-order valence-electron chi connectivity index (χ4n) is 2.26. The molecule has 2 rings (SSSR count). The van der Waals surface area contributed by atoms with Crippen molar-refractivity contribution in [3.63, 3.8) is 0 Å². The summed E-state index contributed by atoms with van der Waals surface area (Å²) in [6.45, 7) is -0.361. The Morgan fingerprint density at radius 2 is 2.30 bits per heavy atom. The van der Waals surface area contributed by atoms with E-state index in [0.29, 0.717) is 19.1 Å². The minimum Gasteiger partial charge on any atom is -0.476 e. The lowest BCUT2D eigenvalue weighted by Gasteiger charge is -2.32. The van der Waals surface area contributed by atoms with Crippen molar-refractivity contribution in [3.05, 3.63) is 26.9 Å². The first-order chi connectivity index (χ1) is 10.8. The number of carbonyl (C=O) groups is 2. The van der Waals surface area contributed by atoms with Gasteiger partial charge in [-0.25, -0.2) is 0 Å². The van der Waals surface area contributed by atoms with Crippen LogP contribution in [0.3, 0.4) is 0 Å². The lowest BCUT2D eigenvalue weighted by molar-refractivity contribution is -0.154. The maximum atomic E-state index is 11.5. The van der Waals surface area contributed by atoms with Crippen LogP contribution < -0.4 is 11.3 Å². The molecule has 23 heavy (non-hydrogen) atoms. The van der Waals surface area contributed by atoms with Crippen molar-refractivity contribution in [1.82, 2.24) is 9.55 Å². The molecule has 8 nitrogen and oxygen atoms in total. The molecule has 1 aliphatic rings. The van der Waals surface area contributed by atoms with Gasteiger partial charge in [-0.05, 0) is 25.1 Å². The van der Waals surface area contributed by atoms with E-state index >= 15 is 0 Å². The van der Waals surface area contributed by atoms with Gasteiger partial charge < -0.3 is 15.2 Å². The number of aldehydes is 1. The molecule has 0 amide bonds. The Labute approximate surface area is 139 Å². The van der Waals surface area contributed by atoms with Gasteiger partial charge in [-0.15, -0.1) is 0 Å². The molecule has 1 fully saturated rings. The standard InChI is InChI=1S/C12H13B2N3O5S/c13-12(14,22-9(19)3-15)7-1-2-8(21-7)17-4-6(5-18)10(20)16-11(17)23/h4-5,7-8H,1-3,15H2,(H,16,20,23). The summed E-state index contributed by atoms with van der Waals surface area (Å²) in [5.41, 5.74) is 4.48. The van der Waals surface area contributed by atoms with Crippen molar-refractivity contribution in [2.24, 2.45) is 5.73 Å². The van der Waals surface area contributed by atoms with Gasteiger partial charge in [0.2, 0.25) is 0 Å². The second-order valence-corrected chi connectivity index (χ2v) is 5.44. The van der Waals surface area contributed by atoms with E-state index in [4.69, 9.17) is 43.1 Å². The number of carbonyl (C=O) groups excluding carboxylic acids is 2. The van der Waals surface area contributed by atoms with Gasteiger partial charge >= 0.3 is 5.97 Å². The summed E-state index contributed by atoms with van der Waals surface area (Å²) in [5, 5.41) is -1.84. The molecule has 0 spiro atoms. The molecular weight excluding hydrogens is 320 g/mol. The molecule has 0 aromatic carbocycles.